The van der Waals surface area contributed by atoms with Crippen LogP contribution in [0.25, 0.3) is 0 Å². The van der Waals surface area contributed by atoms with Gasteiger partial charge in [0, 0.05) is 19.6 Å². The highest BCUT2D eigenvalue weighted by molar-refractivity contribution is 4.85. The lowest BCUT2D eigenvalue weighted by Crippen LogP contribution is -2.08. The van der Waals surface area contributed by atoms with Crippen LogP contribution in [0.5, 0.6) is 0 Å². The highest BCUT2D eigenvalue weighted by Gasteiger charge is 2.08. The summed E-state index contributed by atoms with van der Waals surface area (Å²) in [5.74, 6) is 0.750. The predicted molar refractivity (Wildman–Crippen MR) is 62.2 cm³/mol. The molecule has 2 heteroatoms. The lowest BCUT2D eigenvalue weighted by molar-refractivity contribution is 0.469. The van der Waals surface area contributed by atoms with Crippen LogP contribution in [0.3, 0.4) is 0 Å². The zero-order chi connectivity index (χ0) is 10.2. The number of nitrogens with zero attached hydrogens (tertiary/aromatic N) is 1. The lowest BCUT2D eigenvalue weighted by atomic mass is 10.1. The van der Waals surface area contributed by atoms with Crippen LogP contribution in [0.1, 0.15) is 19.3 Å². The van der Waals surface area contributed by atoms with Crippen LogP contribution in [-0.4, -0.2) is 31.1 Å². The second-order valence-electron chi connectivity index (χ2n) is 3.91. The maximum Gasteiger partial charge on any atom is 0.0172 e. The van der Waals surface area contributed by atoms with Gasteiger partial charge < -0.3 is 10.2 Å². The average molecular weight is 194 g/mol. The van der Waals surface area contributed by atoms with Crippen molar-refractivity contribution in [2.24, 2.45) is 5.92 Å². The highest BCUT2D eigenvalue weighted by Crippen LogP contribution is 2.06. The summed E-state index contributed by atoms with van der Waals surface area (Å²) in [5, 5.41) is 3.25. The Hall–Kier alpha value is -0.760. The van der Waals surface area contributed by atoms with Gasteiger partial charge in [0.1, 0.15) is 0 Å². The Morgan fingerprint density at radius 1 is 1.21 bits per heavy atom. The molecule has 0 spiro atoms. The van der Waals surface area contributed by atoms with E-state index in [-0.39, 0.29) is 0 Å². The Balaban J connectivity index is 0.000000140. The molecule has 2 aliphatic rings. The number of likely N-dealkylation sites (tertiary alicyclic amines) is 1. The van der Waals surface area contributed by atoms with Gasteiger partial charge in [0.05, 0.1) is 0 Å². The van der Waals surface area contributed by atoms with E-state index in [0.717, 1.165) is 12.5 Å². The maximum absolute atomic E-state index is 3.70. The van der Waals surface area contributed by atoms with Crippen LogP contribution >= 0.6 is 0 Å². The molecule has 0 aromatic heterocycles. The largest absolute Gasteiger partial charge is 0.378 e. The summed E-state index contributed by atoms with van der Waals surface area (Å²) in [6.07, 6.45) is 7.94. The first-order valence-corrected chi connectivity index (χ1v) is 5.56. The van der Waals surface area contributed by atoms with Crippen LogP contribution in [-0.2, 0) is 0 Å². The van der Waals surface area contributed by atoms with Gasteiger partial charge in [0.2, 0.25) is 0 Å². The quantitative estimate of drug-likeness (QED) is 0.676. The van der Waals surface area contributed by atoms with Crippen molar-refractivity contribution < 1.29 is 0 Å². The van der Waals surface area contributed by atoms with Gasteiger partial charge in [-0.15, -0.1) is 6.58 Å². The molecule has 0 aromatic carbocycles. The van der Waals surface area contributed by atoms with Crippen LogP contribution in [0.15, 0.2) is 25.4 Å². The van der Waals surface area contributed by atoms with E-state index in [1.54, 1.807) is 0 Å². The molecule has 0 saturated carbocycles. The van der Waals surface area contributed by atoms with E-state index in [2.05, 4.69) is 23.4 Å². The molecule has 0 aromatic rings. The van der Waals surface area contributed by atoms with Crippen molar-refractivity contribution in [1.29, 1.82) is 0 Å². The van der Waals surface area contributed by atoms with Crippen LogP contribution in [0.4, 0.5) is 0 Å². The molecule has 2 rings (SSSR count). The predicted octanol–water partition coefficient (Wildman–Crippen LogP) is 2.01. The molecule has 14 heavy (non-hydrogen) atoms. The van der Waals surface area contributed by atoms with Gasteiger partial charge in [-0.05, 0) is 37.9 Å². The van der Waals surface area contributed by atoms with Crippen molar-refractivity contribution in [3.05, 3.63) is 25.4 Å². The first-order valence-electron chi connectivity index (χ1n) is 5.56. The average Bonchev–Trinajstić information content (AvgIpc) is 2.92. The molecule has 2 saturated heterocycles. The van der Waals surface area contributed by atoms with Gasteiger partial charge in [-0.25, -0.2) is 0 Å². The standard InChI is InChI=1S/2C6H11N/c1-2-6-3-4-7-5-6;1-2-7-5-3-4-6-7/h2,6-7H,1,3-5H2;2H,1,3-6H2. The molecule has 2 fully saturated rings. The molecule has 1 atom stereocenters. The third-order valence-corrected chi connectivity index (χ3v) is 2.83. The molecular weight excluding hydrogens is 172 g/mol. The summed E-state index contributed by atoms with van der Waals surface area (Å²) in [6, 6.07) is 0. The molecule has 0 radical (unpaired) electrons. The third kappa shape index (κ3) is 3.97. The zero-order valence-electron chi connectivity index (χ0n) is 9.04. The van der Waals surface area contributed by atoms with Crippen LogP contribution in [0.2, 0.25) is 0 Å². The summed E-state index contributed by atoms with van der Waals surface area (Å²) >= 11 is 0. The van der Waals surface area contributed by atoms with Gasteiger partial charge in [0.15, 0.2) is 0 Å². The Morgan fingerprint density at radius 2 is 1.93 bits per heavy atom. The van der Waals surface area contributed by atoms with Gasteiger partial charge in [0.25, 0.3) is 0 Å². The monoisotopic (exact) mass is 194 g/mol. The fraction of sp³-hybridized carbons (Fsp3) is 0.667. The summed E-state index contributed by atoms with van der Waals surface area (Å²) in [4.78, 5) is 2.25. The first kappa shape index (κ1) is 11.3. The van der Waals surface area contributed by atoms with Gasteiger partial charge in [-0.2, -0.15) is 0 Å². The Labute approximate surface area is 87.7 Å². The van der Waals surface area contributed by atoms with Gasteiger partial charge in [-0.3, -0.25) is 0 Å². The van der Waals surface area contributed by atoms with Crippen molar-refractivity contribution in [1.82, 2.24) is 10.2 Å². The van der Waals surface area contributed by atoms with E-state index in [9.17, 15) is 0 Å². The number of hydrogen-bond donors (Lipinski definition) is 1. The molecule has 2 aliphatic heterocycles. The normalized spacial score (nSPS) is 25.4. The third-order valence-electron chi connectivity index (χ3n) is 2.83. The second-order valence-corrected chi connectivity index (χ2v) is 3.91. The van der Waals surface area contributed by atoms with Crippen molar-refractivity contribution in [3.63, 3.8) is 0 Å². The molecule has 2 nitrogen and oxygen atoms in total. The number of rotatable bonds is 2. The van der Waals surface area contributed by atoms with E-state index in [4.69, 9.17) is 0 Å². The Kier molecular flexibility index (Phi) is 5.38. The Bertz CT molecular complexity index is 145. The molecular formula is C12H22N2. The summed E-state index contributed by atoms with van der Waals surface area (Å²) in [5.41, 5.74) is 0. The van der Waals surface area contributed by atoms with Crippen molar-refractivity contribution in [3.8, 4) is 0 Å². The SMILES string of the molecule is C=CC1CCNC1.C=CN1CCCC1. The van der Waals surface area contributed by atoms with Crippen molar-refractivity contribution in [2.75, 3.05) is 26.2 Å². The lowest BCUT2D eigenvalue weighted by Gasteiger charge is -2.07. The number of hydrogen-bond acceptors (Lipinski definition) is 2. The summed E-state index contributed by atoms with van der Waals surface area (Å²) in [7, 11) is 0. The Morgan fingerprint density at radius 3 is 2.21 bits per heavy atom. The van der Waals surface area contributed by atoms with Crippen LogP contribution in [0, 0.1) is 5.92 Å². The molecule has 80 valence electrons. The minimum Gasteiger partial charge on any atom is -0.378 e. The highest BCUT2D eigenvalue weighted by atomic mass is 15.1. The van der Waals surface area contributed by atoms with Crippen molar-refractivity contribution >= 4 is 0 Å². The van der Waals surface area contributed by atoms with E-state index < -0.39 is 0 Å². The fourth-order valence-electron chi connectivity index (χ4n) is 1.80. The molecule has 0 bridgehead atoms. The zero-order valence-corrected chi connectivity index (χ0v) is 9.04. The maximum atomic E-state index is 3.70. The minimum absolute atomic E-state index is 0.750. The van der Waals surface area contributed by atoms with Gasteiger partial charge in [-0.1, -0.05) is 12.7 Å². The molecule has 0 aliphatic carbocycles. The van der Waals surface area contributed by atoms with Crippen molar-refractivity contribution in [2.45, 2.75) is 19.3 Å². The molecule has 1 N–H and O–H groups in total. The molecule has 0 amide bonds. The van der Waals surface area contributed by atoms with Crippen LogP contribution < -0.4 is 5.32 Å². The second kappa shape index (κ2) is 6.66. The summed E-state index contributed by atoms with van der Waals surface area (Å²) in [6.45, 7) is 12.1. The number of nitrogens with one attached hydrogen (secondary N) is 1. The van der Waals surface area contributed by atoms with E-state index in [0.29, 0.717) is 0 Å². The van der Waals surface area contributed by atoms with Gasteiger partial charge >= 0.3 is 0 Å². The van der Waals surface area contributed by atoms with E-state index >= 15 is 0 Å². The minimum atomic E-state index is 0.750. The molecule has 1 unspecified atom stereocenters. The smallest absolute Gasteiger partial charge is 0.0172 e. The first-order chi connectivity index (χ1) is 6.86. The topological polar surface area (TPSA) is 15.3 Å². The fourth-order valence-corrected chi connectivity index (χ4v) is 1.80. The van der Waals surface area contributed by atoms with E-state index in [1.807, 2.05) is 12.3 Å². The summed E-state index contributed by atoms with van der Waals surface area (Å²) < 4.78 is 0. The van der Waals surface area contributed by atoms with E-state index in [1.165, 1.54) is 38.9 Å². The molecule has 2 heterocycles.